The number of aromatic amines is 1. The number of halogens is 1. The Bertz CT molecular complexity index is 587. The Morgan fingerprint density at radius 1 is 1.30 bits per heavy atom. The number of rotatable bonds is 6. The first kappa shape index (κ1) is 14.4. The van der Waals surface area contributed by atoms with Crippen molar-refractivity contribution in [3.05, 3.63) is 52.9 Å². The number of H-pyrrole nitrogens is 1. The molecule has 2 aromatic rings. The van der Waals surface area contributed by atoms with Crippen molar-refractivity contribution < 1.29 is 9.18 Å². The Morgan fingerprint density at radius 2 is 2.00 bits per heavy atom. The van der Waals surface area contributed by atoms with Crippen LogP contribution in [0.25, 0.3) is 0 Å². The molecule has 0 spiro atoms. The van der Waals surface area contributed by atoms with E-state index in [1.165, 1.54) is 12.1 Å². The summed E-state index contributed by atoms with van der Waals surface area (Å²) in [4.78, 5) is 19.6. The number of carbonyl (C=O) groups excluding carboxylic acids is 1. The van der Waals surface area contributed by atoms with Gasteiger partial charge in [0.2, 0.25) is 5.78 Å². The van der Waals surface area contributed by atoms with Gasteiger partial charge in [0.1, 0.15) is 5.82 Å². The zero-order valence-corrected chi connectivity index (χ0v) is 11.9. The number of Topliss-reactive ketones (excluding diaryl/α,β-unsaturated/α-hetero) is 1. The van der Waals surface area contributed by atoms with Crippen LogP contribution in [-0.4, -0.2) is 15.8 Å². The summed E-state index contributed by atoms with van der Waals surface area (Å²) in [7, 11) is 0. The van der Waals surface area contributed by atoms with Crippen LogP contribution < -0.4 is 0 Å². The number of ketones is 1. The van der Waals surface area contributed by atoms with Crippen LogP contribution in [0.1, 0.15) is 47.3 Å². The van der Waals surface area contributed by atoms with Gasteiger partial charge in [0, 0.05) is 12.1 Å². The number of nitrogens with zero attached hydrogens (tertiary/aromatic N) is 1. The van der Waals surface area contributed by atoms with E-state index < -0.39 is 0 Å². The molecule has 0 saturated carbocycles. The summed E-state index contributed by atoms with van der Waals surface area (Å²) in [5, 5.41) is 0. The number of hydrogen-bond donors (Lipinski definition) is 1. The number of carbonyl (C=O) groups is 1. The lowest BCUT2D eigenvalue weighted by Crippen LogP contribution is -2.06. The average Bonchev–Trinajstić information content (AvgIpc) is 2.80. The Balaban J connectivity index is 2.07. The van der Waals surface area contributed by atoms with Gasteiger partial charge >= 0.3 is 0 Å². The van der Waals surface area contributed by atoms with Gasteiger partial charge in [0.15, 0.2) is 5.82 Å². The number of imidazole rings is 1. The Hall–Kier alpha value is -1.97. The molecule has 3 nitrogen and oxygen atoms in total. The second-order valence-corrected chi connectivity index (χ2v) is 4.99. The summed E-state index contributed by atoms with van der Waals surface area (Å²) < 4.78 is 12.8. The van der Waals surface area contributed by atoms with Gasteiger partial charge in [-0.15, -0.1) is 0 Å². The van der Waals surface area contributed by atoms with Crippen molar-refractivity contribution >= 4 is 5.78 Å². The van der Waals surface area contributed by atoms with E-state index in [0.29, 0.717) is 5.82 Å². The molecule has 0 radical (unpaired) electrons. The molecule has 0 unspecified atom stereocenters. The van der Waals surface area contributed by atoms with Crippen LogP contribution in [0.15, 0.2) is 24.3 Å². The van der Waals surface area contributed by atoms with Crippen molar-refractivity contribution in [2.24, 2.45) is 0 Å². The van der Waals surface area contributed by atoms with Crippen LogP contribution >= 0.6 is 0 Å². The molecule has 1 N–H and O–H groups in total. The lowest BCUT2D eigenvalue weighted by molar-refractivity contribution is 0.0983. The standard InChI is InChI=1S/C16H19FN2O/c1-3-4-5-14-11(2)18-16(19-14)15(20)10-12-6-8-13(17)9-7-12/h6-9H,3-5,10H2,1-2H3,(H,18,19). The van der Waals surface area contributed by atoms with Crippen molar-refractivity contribution in [3.63, 3.8) is 0 Å². The second kappa shape index (κ2) is 6.46. The van der Waals surface area contributed by atoms with E-state index in [9.17, 15) is 9.18 Å². The number of benzene rings is 1. The van der Waals surface area contributed by atoms with E-state index in [-0.39, 0.29) is 18.0 Å². The van der Waals surface area contributed by atoms with Gasteiger partial charge in [-0.2, -0.15) is 0 Å². The first-order valence-electron chi connectivity index (χ1n) is 6.93. The Morgan fingerprint density at radius 3 is 2.65 bits per heavy atom. The fourth-order valence-corrected chi connectivity index (χ4v) is 2.09. The highest BCUT2D eigenvalue weighted by Gasteiger charge is 2.14. The molecule has 0 fully saturated rings. The van der Waals surface area contributed by atoms with Gasteiger partial charge < -0.3 is 4.98 Å². The summed E-state index contributed by atoms with van der Waals surface area (Å²) in [6.07, 6.45) is 3.30. The molecular formula is C16H19FN2O. The van der Waals surface area contributed by atoms with E-state index in [1.807, 2.05) is 6.92 Å². The SMILES string of the molecule is CCCCc1nc(C(=O)Cc2ccc(F)cc2)[nH]c1C. The van der Waals surface area contributed by atoms with Crippen molar-refractivity contribution in [1.82, 2.24) is 9.97 Å². The third-order valence-corrected chi connectivity index (χ3v) is 3.29. The monoisotopic (exact) mass is 274 g/mol. The van der Waals surface area contributed by atoms with Gasteiger partial charge in [-0.3, -0.25) is 4.79 Å². The third-order valence-electron chi connectivity index (χ3n) is 3.29. The van der Waals surface area contributed by atoms with Crippen LogP contribution in [0.5, 0.6) is 0 Å². The molecule has 0 saturated heterocycles. The van der Waals surface area contributed by atoms with Gasteiger partial charge in [0.25, 0.3) is 0 Å². The molecular weight excluding hydrogens is 255 g/mol. The van der Waals surface area contributed by atoms with Crippen LogP contribution in [0, 0.1) is 12.7 Å². The van der Waals surface area contributed by atoms with Crippen molar-refractivity contribution in [3.8, 4) is 0 Å². The predicted octanol–water partition coefficient (Wildman–Crippen LogP) is 3.63. The molecule has 106 valence electrons. The maximum Gasteiger partial charge on any atom is 0.202 e. The molecule has 1 aromatic heterocycles. The van der Waals surface area contributed by atoms with Crippen LogP contribution in [0.2, 0.25) is 0 Å². The molecule has 20 heavy (non-hydrogen) atoms. The molecule has 0 aliphatic carbocycles. The topological polar surface area (TPSA) is 45.8 Å². The third kappa shape index (κ3) is 3.53. The van der Waals surface area contributed by atoms with E-state index in [2.05, 4.69) is 16.9 Å². The lowest BCUT2D eigenvalue weighted by atomic mass is 10.1. The van der Waals surface area contributed by atoms with Crippen molar-refractivity contribution in [2.75, 3.05) is 0 Å². The van der Waals surface area contributed by atoms with Gasteiger partial charge in [-0.05, 0) is 37.5 Å². The summed E-state index contributed by atoms with van der Waals surface area (Å²) in [6.45, 7) is 4.06. The Kier molecular flexibility index (Phi) is 4.66. The summed E-state index contributed by atoms with van der Waals surface area (Å²) >= 11 is 0. The molecule has 2 rings (SSSR count). The molecule has 1 heterocycles. The summed E-state index contributed by atoms with van der Waals surface area (Å²) in [5.41, 5.74) is 2.72. The zero-order chi connectivity index (χ0) is 14.5. The molecule has 0 atom stereocenters. The fourth-order valence-electron chi connectivity index (χ4n) is 2.09. The molecule has 0 aliphatic heterocycles. The minimum absolute atomic E-state index is 0.0672. The molecule has 0 aliphatic rings. The molecule has 4 heteroatoms. The van der Waals surface area contributed by atoms with Crippen molar-refractivity contribution in [2.45, 2.75) is 39.5 Å². The smallest absolute Gasteiger partial charge is 0.202 e. The zero-order valence-electron chi connectivity index (χ0n) is 11.9. The number of nitrogens with one attached hydrogen (secondary N) is 1. The highest BCUT2D eigenvalue weighted by molar-refractivity contribution is 5.94. The first-order valence-corrected chi connectivity index (χ1v) is 6.93. The minimum atomic E-state index is -0.295. The van der Waals surface area contributed by atoms with E-state index in [0.717, 1.165) is 36.2 Å². The predicted molar refractivity (Wildman–Crippen MR) is 76.4 cm³/mol. The fraction of sp³-hybridized carbons (Fsp3) is 0.375. The summed E-state index contributed by atoms with van der Waals surface area (Å²) in [5.74, 6) is 0.0391. The van der Waals surface area contributed by atoms with E-state index >= 15 is 0 Å². The quantitative estimate of drug-likeness (QED) is 0.818. The largest absolute Gasteiger partial charge is 0.339 e. The second-order valence-electron chi connectivity index (χ2n) is 4.99. The lowest BCUT2D eigenvalue weighted by Gasteiger charge is -1.98. The number of aromatic nitrogens is 2. The number of unbranched alkanes of at least 4 members (excludes halogenated alkanes) is 1. The summed E-state index contributed by atoms with van der Waals surface area (Å²) in [6, 6.07) is 5.98. The average molecular weight is 274 g/mol. The van der Waals surface area contributed by atoms with Gasteiger partial charge in [-0.25, -0.2) is 9.37 Å². The van der Waals surface area contributed by atoms with E-state index in [4.69, 9.17) is 0 Å². The molecule has 0 bridgehead atoms. The highest BCUT2D eigenvalue weighted by atomic mass is 19.1. The van der Waals surface area contributed by atoms with Gasteiger partial charge in [-0.1, -0.05) is 25.5 Å². The number of aryl methyl sites for hydroxylation is 2. The Labute approximate surface area is 118 Å². The maximum absolute atomic E-state index is 12.8. The maximum atomic E-state index is 12.8. The first-order chi connectivity index (χ1) is 9.60. The normalized spacial score (nSPS) is 10.8. The highest BCUT2D eigenvalue weighted by Crippen LogP contribution is 2.12. The van der Waals surface area contributed by atoms with E-state index in [1.54, 1.807) is 12.1 Å². The number of hydrogen-bond acceptors (Lipinski definition) is 2. The molecule has 1 aromatic carbocycles. The molecule has 0 amide bonds. The van der Waals surface area contributed by atoms with Gasteiger partial charge in [0.05, 0.1) is 5.69 Å². The minimum Gasteiger partial charge on any atom is -0.339 e. The van der Waals surface area contributed by atoms with Crippen molar-refractivity contribution in [1.29, 1.82) is 0 Å². The van der Waals surface area contributed by atoms with Crippen LogP contribution in [0.4, 0.5) is 4.39 Å². The van der Waals surface area contributed by atoms with Crippen LogP contribution in [-0.2, 0) is 12.8 Å². The van der Waals surface area contributed by atoms with Crippen LogP contribution in [0.3, 0.4) is 0 Å².